The summed E-state index contributed by atoms with van der Waals surface area (Å²) in [5.41, 5.74) is 9.67. The Balaban J connectivity index is 1.54. The smallest absolute Gasteiger partial charge is 0.220 e. The van der Waals surface area contributed by atoms with E-state index in [0.717, 1.165) is 67.1 Å². The Morgan fingerprint density at radius 3 is 2.88 bits per heavy atom. The molecular formula is C18H23N7. The molecule has 0 aliphatic carbocycles. The van der Waals surface area contributed by atoms with Crippen LogP contribution >= 0.6 is 0 Å². The molecule has 0 bridgehead atoms. The lowest BCUT2D eigenvalue weighted by Crippen LogP contribution is -2.45. The zero-order valence-corrected chi connectivity index (χ0v) is 14.4. The molecule has 0 saturated carbocycles. The van der Waals surface area contributed by atoms with Crippen molar-refractivity contribution < 1.29 is 0 Å². The topological polar surface area (TPSA) is 87.0 Å². The lowest BCUT2D eigenvalue weighted by Gasteiger charge is -2.32. The number of hydrogen-bond donors (Lipinski definition) is 2. The van der Waals surface area contributed by atoms with Gasteiger partial charge in [0.25, 0.3) is 0 Å². The third-order valence-corrected chi connectivity index (χ3v) is 4.80. The summed E-state index contributed by atoms with van der Waals surface area (Å²) >= 11 is 0. The van der Waals surface area contributed by atoms with Crippen LogP contribution in [0.15, 0.2) is 30.6 Å². The molecule has 0 amide bonds. The SMILES string of the molecule is CN1CCN(CCc2cc(-c3c[nH]c4ncccc34)nc(N)n2)CC1. The van der Waals surface area contributed by atoms with E-state index in [1.165, 1.54) is 0 Å². The van der Waals surface area contributed by atoms with E-state index in [4.69, 9.17) is 5.73 Å². The molecule has 7 heteroatoms. The highest BCUT2D eigenvalue weighted by Gasteiger charge is 2.15. The molecule has 7 nitrogen and oxygen atoms in total. The molecule has 130 valence electrons. The Kier molecular flexibility index (Phi) is 4.33. The van der Waals surface area contributed by atoms with Crippen molar-refractivity contribution in [3.8, 4) is 11.3 Å². The number of anilines is 1. The van der Waals surface area contributed by atoms with Crippen LogP contribution in [0.3, 0.4) is 0 Å². The van der Waals surface area contributed by atoms with Crippen LogP contribution in [0.25, 0.3) is 22.3 Å². The van der Waals surface area contributed by atoms with Crippen LogP contribution in [0.5, 0.6) is 0 Å². The fraction of sp³-hybridized carbons (Fsp3) is 0.389. The maximum Gasteiger partial charge on any atom is 0.220 e. The summed E-state index contributed by atoms with van der Waals surface area (Å²) in [6.45, 7) is 5.47. The van der Waals surface area contributed by atoms with Gasteiger partial charge in [0.05, 0.1) is 5.69 Å². The van der Waals surface area contributed by atoms with E-state index in [1.54, 1.807) is 6.20 Å². The van der Waals surface area contributed by atoms with Crippen molar-refractivity contribution in [3.63, 3.8) is 0 Å². The number of aromatic amines is 1. The van der Waals surface area contributed by atoms with Crippen LogP contribution in [-0.4, -0.2) is 69.5 Å². The van der Waals surface area contributed by atoms with Crippen LogP contribution in [0.4, 0.5) is 5.95 Å². The van der Waals surface area contributed by atoms with E-state index in [2.05, 4.69) is 36.8 Å². The number of likely N-dealkylation sites (N-methyl/N-ethyl adjacent to an activating group) is 1. The molecule has 3 aromatic rings. The average Bonchev–Trinajstić information content (AvgIpc) is 3.05. The summed E-state index contributed by atoms with van der Waals surface area (Å²) in [5.74, 6) is 0.323. The molecule has 3 N–H and O–H groups in total. The molecule has 1 fully saturated rings. The number of pyridine rings is 1. The minimum absolute atomic E-state index is 0.323. The molecule has 1 aliphatic heterocycles. The summed E-state index contributed by atoms with van der Waals surface area (Å²) < 4.78 is 0. The van der Waals surface area contributed by atoms with Gasteiger partial charge in [0.1, 0.15) is 5.65 Å². The Bertz CT molecular complexity index is 865. The van der Waals surface area contributed by atoms with Gasteiger partial charge in [-0.25, -0.2) is 15.0 Å². The number of nitrogen functional groups attached to an aromatic ring is 1. The van der Waals surface area contributed by atoms with Crippen LogP contribution in [0.2, 0.25) is 0 Å². The molecule has 0 spiro atoms. The maximum atomic E-state index is 5.97. The second kappa shape index (κ2) is 6.78. The Labute approximate surface area is 146 Å². The predicted octanol–water partition coefficient (Wildman–Crippen LogP) is 1.39. The number of nitrogens with zero attached hydrogens (tertiary/aromatic N) is 5. The van der Waals surface area contributed by atoms with E-state index in [1.807, 2.05) is 24.4 Å². The Hall–Kier alpha value is -2.51. The van der Waals surface area contributed by atoms with Gasteiger partial charge in [-0.05, 0) is 25.2 Å². The second-order valence-electron chi connectivity index (χ2n) is 6.60. The van der Waals surface area contributed by atoms with Gasteiger partial charge in [0.2, 0.25) is 5.95 Å². The first-order chi connectivity index (χ1) is 12.2. The molecular weight excluding hydrogens is 314 g/mol. The summed E-state index contributed by atoms with van der Waals surface area (Å²) in [7, 11) is 2.17. The molecule has 0 atom stereocenters. The van der Waals surface area contributed by atoms with Gasteiger partial charge >= 0.3 is 0 Å². The fourth-order valence-corrected chi connectivity index (χ4v) is 3.30. The van der Waals surface area contributed by atoms with Crippen molar-refractivity contribution in [2.75, 3.05) is 45.5 Å². The number of aromatic nitrogens is 4. The minimum atomic E-state index is 0.323. The highest BCUT2D eigenvalue weighted by atomic mass is 15.2. The monoisotopic (exact) mass is 337 g/mol. The van der Waals surface area contributed by atoms with Crippen molar-refractivity contribution in [1.29, 1.82) is 0 Å². The Morgan fingerprint density at radius 1 is 1.20 bits per heavy atom. The van der Waals surface area contributed by atoms with Crippen molar-refractivity contribution >= 4 is 17.0 Å². The van der Waals surface area contributed by atoms with Crippen molar-refractivity contribution in [3.05, 3.63) is 36.3 Å². The first-order valence-corrected chi connectivity index (χ1v) is 8.66. The molecule has 3 aromatic heterocycles. The van der Waals surface area contributed by atoms with Crippen LogP contribution in [0.1, 0.15) is 5.69 Å². The Morgan fingerprint density at radius 2 is 2.04 bits per heavy atom. The number of hydrogen-bond acceptors (Lipinski definition) is 6. The first kappa shape index (κ1) is 16.0. The normalized spacial score (nSPS) is 16.5. The number of nitrogens with one attached hydrogen (secondary N) is 1. The number of fused-ring (bicyclic) bond motifs is 1. The predicted molar refractivity (Wildman–Crippen MR) is 99.2 cm³/mol. The number of nitrogens with two attached hydrogens (primary N) is 1. The maximum absolute atomic E-state index is 5.97. The first-order valence-electron chi connectivity index (χ1n) is 8.66. The lowest BCUT2D eigenvalue weighted by molar-refractivity contribution is 0.155. The molecule has 25 heavy (non-hydrogen) atoms. The van der Waals surface area contributed by atoms with E-state index < -0.39 is 0 Å². The summed E-state index contributed by atoms with van der Waals surface area (Å²) in [6.07, 6.45) is 4.59. The molecule has 1 aliphatic rings. The van der Waals surface area contributed by atoms with Crippen molar-refractivity contribution in [2.45, 2.75) is 6.42 Å². The zero-order valence-electron chi connectivity index (χ0n) is 14.4. The molecule has 4 heterocycles. The quantitative estimate of drug-likeness (QED) is 0.748. The van der Waals surface area contributed by atoms with Crippen LogP contribution in [0, 0.1) is 0 Å². The van der Waals surface area contributed by atoms with Gasteiger partial charge in [-0.15, -0.1) is 0 Å². The van der Waals surface area contributed by atoms with E-state index >= 15 is 0 Å². The minimum Gasteiger partial charge on any atom is -0.368 e. The van der Waals surface area contributed by atoms with Crippen molar-refractivity contribution in [1.82, 2.24) is 29.7 Å². The lowest BCUT2D eigenvalue weighted by atomic mass is 10.1. The number of piperazine rings is 1. The number of rotatable bonds is 4. The summed E-state index contributed by atoms with van der Waals surface area (Å²) in [6, 6.07) is 6.01. The molecule has 0 aromatic carbocycles. The van der Waals surface area contributed by atoms with Gasteiger partial charge in [0.15, 0.2) is 0 Å². The summed E-state index contributed by atoms with van der Waals surface area (Å²) in [5, 5.41) is 1.05. The fourth-order valence-electron chi connectivity index (χ4n) is 3.30. The van der Waals surface area contributed by atoms with Crippen molar-refractivity contribution in [2.24, 2.45) is 0 Å². The largest absolute Gasteiger partial charge is 0.368 e. The van der Waals surface area contributed by atoms with E-state index in [-0.39, 0.29) is 0 Å². The third-order valence-electron chi connectivity index (χ3n) is 4.80. The molecule has 0 unspecified atom stereocenters. The van der Waals surface area contributed by atoms with Gasteiger partial charge in [-0.2, -0.15) is 0 Å². The van der Waals surface area contributed by atoms with Gasteiger partial charge in [0, 0.05) is 68.2 Å². The molecule has 1 saturated heterocycles. The van der Waals surface area contributed by atoms with Gasteiger partial charge in [-0.3, -0.25) is 0 Å². The molecule has 4 rings (SSSR count). The highest BCUT2D eigenvalue weighted by molar-refractivity contribution is 5.92. The van der Waals surface area contributed by atoms with Crippen LogP contribution in [-0.2, 0) is 6.42 Å². The second-order valence-corrected chi connectivity index (χ2v) is 6.60. The standard InChI is InChI=1S/C18H23N7/c1-24-7-9-25(10-8-24)6-4-13-11-16(23-18(19)22-13)15-12-21-17-14(15)3-2-5-20-17/h2-3,5,11-12H,4,6-10H2,1H3,(H,20,21)(H2,19,22,23). The van der Waals surface area contributed by atoms with Gasteiger partial charge < -0.3 is 20.5 Å². The van der Waals surface area contributed by atoms with E-state index in [0.29, 0.717) is 5.95 Å². The highest BCUT2D eigenvalue weighted by Crippen LogP contribution is 2.26. The summed E-state index contributed by atoms with van der Waals surface area (Å²) in [4.78, 5) is 21.2. The van der Waals surface area contributed by atoms with E-state index in [9.17, 15) is 0 Å². The van der Waals surface area contributed by atoms with Gasteiger partial charge in [-0.1, -0.05) is 0 Å². The van der Waals surface area contributed by atoms with Crippen LogP contribution < -0.4 is 5.73 Å². The third kappa shape index (κ3) is 3.47. The number of H-pyrrole nitrogens is 1. The molecule has 0 radical (unpaired) electrons. The average molecular weight is 337 g/mol. The zero-order chi connectivity index (χ0) is 17.2.